The summed E-state index contributed by atoms with van der Waals surface area (Å²) in [6.07, 6.45) is 0. The van der Waals surface area contributed by atoms with Gasteiger partial charge in [-0.25, -0.2) is 4.98 Å². The van der Waals surface area contributed by atoms with Crippen LogP contribution in [-0.4, -0.2) is 27.3 Å². The topological polar surface area (TPSA) is 93.9 Å². The smallest absolute Gasteiger partial charge is 0.277 e. The summed E-state index contributed by atoms with van der Waals surface area (Å²) in [5.41, 5.74) is 1.31. The van der Waals surface area contributed by atoms with Crippen LogP contribution in [0, 0.1) is 0 Å². The third-order valence-electron chi connectivity index (χ3n) is 4.04. The Hall–Kier alpha value is -3.13. The van der Waals surface area contributed by atoms with Crippen molar-refractivity contribution in [1.29, 1.82) is 0 Å². The predicted molar refractivity (Wildman–Crippen MR) is 103 cm³/mol. The molecular weight excluding hydrogens is 364 g/mol. The molecule has 0 radical (unpaired) electrons. The lowest BCUT2D eigenvalue weighted by molar-refractivity contribution is 0.414. The van der Waals surface area contributed by atoms with Crippen LogP contribution in [0.15, 0.2) is 63.0 Å². The number of ether oxygens (including phenoxy) is 1. The summed E-state index contributed by atoms with van der Waals surface area (Å²) >= 11 is 1.34. The SMILES string of the molecule is COc1ccc(-c2nnc(S[C@@H](C)c3nc4ccccc4c(=O)[nH]3)o2)cc1. The zero-order chi connectivity index (χ0) is 18.8. The maximum Gasteiger partial charge on any atom is 0.277 e. The van der Waals surface area contributed by atoms with Gasteiger partial charge in [-0.15, -0.1) is 10.2 Å². The Morgan fingerprint density at radius 2 is 1.89 bits per heavy atom. The van der Waals surface area contributed by atoms with Crippen LogP contribution in [0.5, 0.6) is 5.75 Å². The first-order valence-corrected chi connectivity index (χ1v) is 9.15. The van der Waals surface area contributed by atoms with Gasteiger partial charge in [-0.3, -0.25) is 4.79 Å². The summed E-state index contributed by atoms with van der Waals surface area (Å²) in [4.78, 5) is 19.6. The van der Waals surface area contributed by atoms with Gasteiger partial charge in [0.25, 0.3) is 10.8 Å². The lowest BCUT2D eigenvalue weighted by Crippen LogP contribution is -2.12. The lowest BCUT2D eigenvalue weighted by Gasteiger charge is -2.08. The van der Waals surface area contributed by atoms with Crippen LogP contribution >= 0.6 is 11.8 Å². The standard InChI is InChI=1S/C19H16N4O3S/c1-11(16-20-15-6-4-3-5-14(15)17(24)21-16)27-19-23-22-18(26-19)12-7-9-13(25-2)10-8-12/h3-11H,1-2H3,(H,20,21,24)/t11-/m0/s1. The van der Waals surface area contributed by atoms with Crippen molar-refractivity contribution in [2.24, 2.45) is 0 Å². The largest absolute Gasteiger partial charge is 0.497 e. The van der Waals surface area contributed by atoms with E-state index in [2.05, 4.69) is 20.2 Å². The third-order valence-corrected chi connectivity index (χ3v) is 4.98. The Morgan fingerprint density at radius 3 is 2.67 bits per heavy atom. The van der Waals surface area contributed by atoms with Gasteiger partial charge in [0.1, 0.15) is 11.6 Å². The van der Waals surface area contributed by atoms with E-state index in [1.165, 1.54) is 11.8 Å². The van der Waals surface area contributed by atoms with E-state index in [0.29, 0.717) is 27.8 Å². The maximum atomic E-state index is 12.2. The lowest BCUT2D eigenvalue weighted by atomic mass is 10.2. The minimum absolute atomic E-state index is 0.160. The highest BCUT2D eigenvalue weighted by atomic mass is 32.2. The van der Waals surface area contributed by atoms with E-state index in [0.717, 1.165) is 11.3 Å². The average Bonchev–Trinajstić information content (AvgIpc) is 3.16. The number of thioether (sulfide) groups is 1. The minimum atomic E-state index is -0.161. The third kappa shape index (κ3) is 3.56. The van der Waals surface area contributed by atoms with Crippen LogP contribution in [0.4, 0.5) is 0 Å². The van der Waals surface area contributed by atoms with Crippen molar-refractivity contribution < 1.29 is 9.15 Å². The van der Waals surface area contributed by atoms with Gasteiger partial charge in [0.2, 0.25) is 5.89 Å². The molecule has 1 atom stereocenters. The first-order valence-electron chi connectivity index (χ1n) is 8.27. The molecule has 0 bridgehead atoms. The second-order valence-corrected chi connectivity index (χ2v) is 7.12. The van der Waals surface area contributed by atoms with E-state index >= 15 is 0 Å². The molecule has 0 fully saturated rings. The molecule has 0 amide bonds. The average molecular weight is 380 g/mol. The molecule has 0 unspecified atom stereocenters. The predicted octanol–water partition coefficient (Wildman–Crippen LogP) is 3.84. The van der Waals surface area contributed by atoms with Crippen LogP contribution in [0.25, 0.3) is 22.4 Å². The van der Waals surface area contributed by atoms with Crippen molar-refractivity contribution in [1.82, 2.24) is 20.2 Å². The number of benzene rings is 2. The monoisotopic (exact) mass is 380 g/mol. The van der Waals surface area contributed by atoms with Crippen molar-refractivity contribution in [2.75, 3.05) is 7.11 Å². The van der Waals surface area contributed by atoms with Gasteiger partial charge in [-0.05, 0) is 43.3 Å². The van der Waals surface area contributed by atoms with Gasteiger partial charge in [0.05, 0.1) is 23.3 Å². The Kier molecular flexibility index (Phi) is 4.64. The number of methoxy groups -OCH3 is 1. The van der Waals surface area contributed by atoms with E-state index in [1.807, 2.05) is 49.4 Å². The fraction of sp³-hybridized carbons (Fsp3) is 0.158. The van der Waals surface area contributed by atoms with Crippen molar-refractivity contribution >= 4 is 22.7 Å². The maximum absolute atomic E-state index is 12.2. The fourth-order valence-corrected chi connectivity index (χ4v) is 3.35. The zero-order valence-electron chi connectivity index (χ0n) is 14.7. The van der Waals surface area contributed by atoms with Gasteiger partial charge < -0.3 is 14.1 Å². The first-order chi connectivity index (χ1) is 13.1. The number of nitrogens with zero attached hydrogens (tertiary/aromatic N) is 3. The van der Waals surface area contributed by atoms with Crippen LogP contribution in [0.2, 0.25) is 0 Å². The van der Waals surface area contributed by atoms with E-state index in [4.69, 9.17) is 9.15 Å². The highest BCUT2D eigenvalue weighted by Crippen LogP contribution is 2.33. The molecule has 0 saturated heterocycles. The molecule has 136 valence electrons. The molecule has 0 aliphatic rings. The normalized spacial score (nSPS) is 12.2. The minimum Gasteiger partial charge on any atom is -0.497 e. The highest BCUT2D eigenvalue weighted by molar-refractivity contribution is 7.99. The Bertz CT molecular complexity index is 1140. The van der Waals surface area contributed by atoms with Gasteiger partial charge in [-0.1, -0.05) is 23.9 Å². The van der Waals surface area contributed by atoms with Crippen molar-refractivity contribution in [3.8, 4) is 17.2 Å². The molecule has 2 aromatic carbocycles. The molecule has 4 rings (SSSR count). The first kappa shape index (κ1) is 17.3. The van der Waals surface area contributed by atoms with Gasteiger partial charge in [0, 0.05) is 5.56 Å². The molecule has 7 nitrogen and oxygen atoms in total. The summed E-state index contributed by atoms with van der Waals surface area (Å²) < 4.78 is 10.9. The quantitative estimate of drug-likeness (QED) is 0.526. The number of para-hydroxylation sites is 1. The van der Waals surface area contributed by atoms with Crippen LogP contribution < -0.4 is 10.3 Å². The number of H-pyrrole nitrogens is 1. The summed E-state index contributed by atoms with van der Waals surface area (Å²) in [7, 11) is 1.61. The number of fused-ring (bicyclic) bond motifs is 1. The molecule has 27 heavy (non-hydrogen) atoms. The molecular formula is C19H16N4O3S. The molecule has 4 aromatic rings. The second kappa shape index (κ2) is 7.24. The molecule has 2 aromatic heterocycles. The molecule has 0 spiro atoms. The van der Waals surface area contributed by atoms with E-state index in [1.54, 1.807) is 13.2 Å². The van der Waals surface area contributed by atoms with Crippen LogP contribution in [0.1, 0.15) is 18.0 Å². The molecule has 0 saturated carbocycles. The Morgan fingerprint density at radius 1 is 1.11 bits per heavy atom. The number of aromatic amines is 1. The van der Waals surface area contributed by atoms with Crippen molar-refractivity contribution in [3.05, 3.63) is 64.7 Å². The van der Waals surface area contributed by atoms with Crippen LogP contribution in [-0.2, 0) is 0 Å². The van der Waals surface area contributed by atoms with Gasteiger partial charge in [-0.2, -0.15) is 0 Å². The van der Waals surface area contributed by atoms with Crippen LogP contribution in [0.3, 0.4) is 0 Å². The summed E-state index contributed by atoms with van der Waals surface area (Å²) in [6, 6.07) is 14.6. The Labute approximate surface area is 158 Å². The zero-order valence-corrected chi connectivity index (χ0v) is 15.5. The number of aromatic nitrogens is 4. The number of rotatable bonds is 5. The van der Waals surface area contributed by atoms with Gasteiger partial charge >= 0.3 is 0 Å². The van der Waals surface area contributed by atoms with E-state index in [9.17, 15) is 4.79 Å². The summed E-state index contributed by atoms with van der Waals surface area (Å²) in [5.74, 6) is 1.74. The van der Waals surface area contributed by atoms with Crippen molar-refractivity contribution in [2.45, 2.75) is 17.4 Å². The number of hydrogen-bond acceptors (Lipinski definition) is 7. The molecule has 0 aliphatic carbocycles. The highest BCUT2D eigenvalue weighted by Gasteiger charge is 2.17. The number of hydrogen-bond donors (Lipinski definition) is 1. The second-order valence-electron chi connectivity index (χ2n) is 5.83. The molecule has 2 heterocycles. The summed E-state index contributed by atoms with van der Waals surface area (Å²) in [5, 5.41) is 8.98. The molecule has 0 aliphatic heterocycles. The van der Waals surface area contributed by atoms with Crippen molar-refractivity contribution in [3.63, 3.8) is 0 Å². The fourth-order valence-electron chi connectivity index (χ4n) is 2.61. The van der Waals surface area contributed by atoms with E-state index < -0.39 is 0 Å². The molecule has 1 N–H and O–H groups in total. The Balaban J connectivity index is 1.55. The molecule has 8 heteroatoms. The summed E-state index contributed by atoms with van der Waals surface area (Å²) in [6.45, 7) is 1.93. The van der Waals surface area contributed by atoms with E-state index in [-0.39, 0.29) is 10.8 Å². The number of nitrogens with one attached hydrogen (secondary N) is 1. The van der Waals surface area contributed by atoms with Gasteiger partial charge in [0.15, 0.2) is 0 Å².